The molecular weight excluding hydrogens is 314 g/mol. The van der Waals surface area contributed by atoms with Crippen LogP contribution in [0.1, 0.15) is 25.8 Å². The molecule has 5 nitrogen and oxygen atoms in total. The van der Waals surface area contributed by atoms with Crippen LogP contribution >= 0.6 is 0 Å². The lowest BCUT2D eigenvalue weighted by Gasteiger charge is -2.44. The van der Waals surface area contributed by atoms with Crippen LogP contribution in [0.4, 0.5) is 0 Å². The molecule has 1 amide bonds. The van der Waals surface area contributed by atoms with Gasteiger partial charge in [-0.1, -0.05) is 18.2 Å². The summed E-state index contributed by atoms with van der Waals surface area (Å²) >= 11 is 0. The molecule has 1 aromatic carbocycles. The first-order valence-corrected chi connectivity index (χ1v) is 9.17. The summed E-state index contributed by atoms with van der Waals surface area (Å²) in [5, 5.41) is 1.15. The van der Waals surface area contributed by atoms with E-state index in [2.05, 4.69) is 29.8 Å². The molecule has 2 heterocycles. The number of hydrogen-bond donors (Lipinski definition) is 1. The van der Waals surface area contributed by atoms with Gasteiger partial charge in [-0.25, -0.2) is 0 Å². The van der Waals surface area contributed by atoms with E-state index in [4.69, 9.17) is 4.74 Å². The third kappa shape index (κ3) is 4.05. The van der Waals surface area contributed by atoms with Crippen molar-refractivity contribution in [2.75, 3.05) is 33.4 Å². The summed E-state index contributed by atoms with van der Waals surface area (Å²) in [5.74, 6) is 0.222. The Morgan fingerprint density at radius 2 is 1.96 bits per heavy atom. The van der Waals surface area contributed by atoms with Gasteiger partial charge in [0.1, 0.15) is 0 Å². The van der Waals surface area contributed by atoms with E-state index in [9.17, 15) is 4.79 Å². The summed E-state index contributed by atoms with van der Waals surface area (Å²) in [7, 11) is 1.74. The van der Waals surface area contributed by atoms with Crippen molar-refractivity contribution in [3.8, 4) is 0 Å². The zero-order valence-electron chi connectivity index (χ0n) is 15.5. The average molecular weight is 343 g/mol. The molecule has 0 spiro atoms. The maximum atomic E-state index is 12.8. The molecule has 1 N–H and O–H groups in total. The second-order valence-electron chi connectivity index (χ2n) is 7.12. The van der Waals surface area contributed by atoms with Gasteiger partial charge in [-0.15, -0.1) is 0 Å². The third-order valence-corrected chi connectivity index (χ3v) is 5.24. The number of carbonyl (C=O) groups excluding carboxylic acids is 1. The van der Waals surface area contributed by atoms with E-state index in [1.54, 1.807) is 7.11 Å². The quantitative estimate of drug-likeness (QED) is 0.821. The van der Waals surface area contributed by atoms with Crippen LogP contribution in [-0.4, -0.2) is 66.1 Å². The molecule has 1 aliphatic rings. The Morgan fingerprint density at radius 3 is 2.68 bits per heavy atom. The normalized spacial score (nSPS) is 21.8. The number of piperazine rings is 1. The van der Waals surface area contributed by atoms with Crippen LogP contribution in [0.3, 0.4) is 0 Å². The highest BCUT2D eigenvalue weighted by Crippen LogP contribution is 2.21. The molecule has 2 aromatic rings. The number of methoxy groups -OCH3 is 1. The lowest BCUT2D eigenvalue weighted by molar-refractivity contribution is -0.134. The summed E-state index contributed by atoms with van der Waals surface area (Å²) in [6, 6.07) is 8.92. The maximum absolute atomic E-state index is 12.8. The fourth-order valence-corrected chi connectivity index (χ4v) is 3.95. The number of hydrogen-bond acceptors (Lipinski definition) is 3. The molecule has 0 aliphatic carbocycles. The third-order valence-electron chi connectivity index (χ3n) is 5.24. The molecule has 1 aromatic heterocycles. The van der Waals surface area contributed by atoms with E-state index in [0.29, 0.717) is 18.5 Å². The number of benzene rings is 1. The molecule has 0 radical (unpaired) electrons. The molecule has 0 saturated carbocycles. The zero-order valence-corrected chi connectivity index (χ0v) is 15.5. The molecule has 2 atom stereocenters. The van der Waals surface area contributed by atoms with Crippen molar-refractivity contribution in [3.05, 3.63) is 36.0 Å². The highest BCUT2D eigenvalue weighted by atomic mass is 16.5. The fourth-order valence-electron chi connectivity index (χ4n) is 3.95. The summed E-state index contributed by atoms with van der Waals surface area (Å²) < 4.78 is 5.16. The minimum Gasteiger partial charge on any atom is -0.385 e. The first-order chi connectivity index (χ1) is 12.1. The van der Waals surface area contributed by atoms with Crippen LogP contribution < -0.4 is 0 Å². The van der Waals surface area contributed by atoms with Crippen molar-refractivity contribution < 1.29 is 9.53 Å². The molecule has 25 heavy (non-hydrogen) atoms. The number of nitrogens with zero attached hydrogens (tertiary/aromatic N) is 2. The average Bonchev–Trinajstić information content (AvgIpc) is 3.00. The maximum Gasteiger partial charge on any atom is 0.227 e. The van der Waals surface area contributed by atoms with Gasteiger partial charge in [-0.05, 0) is 31.9 Å². The van der Waals surface area contributed by atoms with Gasteiger partial charge in [0, 0.05) is 62.5 Å². The Morgan fingerprint density at radius 1 is 1.24 bits per heavy atom. The molecule has 1 aliphatic heterocycles. The number of para-hydroxylation sites is 1. The zero-order chi connectivity index (χ0) is 17.8. The number of ether oxygens (including phenoxy) is 1. The Labute approximate surface area is 149 Å². The van der Waals surface area contributed by atoms with E-state index >= 15 is 0 Å². The Balaban J connectivity index is 1.62. The van der Waals surface area contributed by atoms with E-state index in [1.807, 2.05) is 29.3 Å². The van der Waals surface area contributed by atoms with Gasteiger partial charge in [0.05, 0.1) is 6.42 Å². The van der Waals surface area contributed by atoms with Crippen molar-refractivity contribution in [1.82, 2.24) is 14.8 Å². The lowest BCUT2D eigenvalue weighted by Crippen LogP contribution is -2.58. The van der Waals surface area contributed by atoms with E-state index in [1.165, 1.54) is 0 Å². The molecule has 1 saturated heterocycles. The highest BCUT2D eigenvalue weighted by molar-refractivity contribution is 5.88. The first-order valence-electron chi connectivity index (χ1n) is 9.17. The second kappa shape index (κ2) is 8.02. The fraction of sp³-hybridized carbons (Fsp3) is 0.550. The monoisotopic (exact) mass is 343 g/mol. The molecule has 1 fully saturated rings. The van der Waals surface area contributed by atoms with Gasteiger partial charge < -0.3 is 14.6 Å². The minimum atomic E-state index is 0.222. The van der Waals surface area contributed by atoms with Gasteiger partial charge >= 0.3 is 0 Å². The number of aromatic nitrogens is 1. The summed E-state index contributed by atoms with van der Waals surface area (Å²) in [6.45, 7) is 7.86. The lowest BCUT2D eigenvalue weighted by atomic mass is 10.1. The van der Waals surface area contributed by atoms with Crippen LogP contribution in [0.5, 0.6) is 0 Å². The predicted octanol–water partition coefficient (Wildman–Crippen LogP) is 2.67. The summed E-state index contributed by atoms with van der Waals surface area (Å²) in [6.07, 6.45) is 3.47. The molecule has 2 unspecified atom stereocenters. The second-order valence-corrected chi connectivity index (χ2v) is 7.12. The van der Waals surface area contributed by atoms with Crippen molar-refractivity contribution in [1.29, 1.82) is 0 Å². The van der Waals surface area contributed by atoms with Crippen LogP contribution in [0.2, 0.25) is 0 Å². The van der Waals surface area contributed by atoms with Gasteiger partial charge in [-0.3, -0.25) is 9.69 Å². The standard InChI is InChI=1S/C20H29N3O2/c1-15-13-22(14-16(2)23(15)9-6-10-25-3)20(24)11-17-12-21-19-8-5-4-7-18(17)19/h4-5,7-8,12,15-16,21H,6,9-11,13-14H2,1-3H3. The van der Waals surface area contributed by atoms with Crippen LogP contribution in [-0.2, 0) is 16.0 Å². The van der Waals surface area contributed by atoms with Gasteiger partial charge in [0.25, 0.3) is 0 Å². The number of carbonyl (C=O) groups is 1. The van der Waals surface area contributed by atoms with Gasteiger partial charge in [-0.2, -0.15) is 0 Å². The Hall–Kier alpha value is -1.85. The molecule has 136 valence electrons. The van der Waals surface area contributed by atoms with Crippen LogP contribution in [0, 0.1) is 0 Å². The topological polar surface area (TPSA) is 48.6 Å². The van der Waals surface area contributed by atoms with Gasteiger partial charge in [0.2, 0.25) is 5.91 Å². The molecule has 0 bridgehead atoms. The number of fused-ring (bicyclic) bond motifs is 1. The minimum absolute atomic E-state index is 0.222. The number of nitrogens with one attached hydrogen (secondary N) is 1. The number of amides is 1. The number of rotatable bonds is 6. The Kier molecular flexibility index (Phi) is 5.76. The first kappa shape index (κ1) is 18.0. The predicted molar refractivity (Wildman–Crippen MR) is 101 cm³/mol. The smallest absolute Gasteiger partial charge is 0.227 e. The van der Waals surface area contributed by atoms with Crippen molar-refractivity contribution in [2.45, 2.75) is 38.8 Å². The number of H-pyrrole nitrogens is 1. The van der Waals surface area contributed by atoms with E-state index in [-0.39, 0.29) is 5.91 Å². The van der Waals surface area contributed by atoms with Crippen molar-refractivity contribution in [3.63, 3.8) is 0 Å². The summed E-state index contributed by atoms with van der Waals surface area (Å²) in [4.78, 5) is 20.6. The number of aromatic amines is 1. The molecule has 5 heteroatoms. The SMILES string of the molecule is COCCCN1C(C)CN(C(=O)Cc2c[nH]c3ccccc23)CC1C. The van der Waals surface area contributed by atoms with Crippen molar-refractivity contribution >= 4 is 16.8 Å². The molecular formula is C20H29N3O2. The Bertz CT molecular complexity index is 700. The van der Waals surface area contributed by atoms with Crippen LogP contribution in [0.15, 0.2) is 30.5 Å². The highest BCUT2D eigenvalue weighted by Gasteiger charge is 2.31. The van der Waals surface area contributed by atoms with Crippen molar-refractivity contribution in [2.24, 2.45) is 0 Å². The largest absolute Gasteiger partial charge is 0.385 e. The van der Waals surface area contributed by atoms with Gasteiger partial charge in [0.15, 0.2) is 0 Å². The van der Waals surface area contributed by atoms with E-state index in [0.717, 1.165) is 49.1 Å². The van der Waals surface area contributed by atoms with Crippen LogP contribution in [0.25, 0.3) is 10.9 Å². The summed E-state index contributed by atoms with van der Waals surface area (Å²) in [5.41, 5.74) is 2.18. The van der Waals surface area contributed by atoms with E-state index < -0.39 is 0 Å². The molecule has 3 rings (SSSR count).